The van der Waals surface area contributed by atoms with Crippen LogP contribution in [0.2, 0.25) is 10.0 Å². The summed E-state index contributed by atoms with van der Waals surface area (Å²) >= 11 is 12.2. The van der Waals surface area contributed by atoms with Crippen LogP contribution in [0.5, 0.6) is 0 Å². The maximum Gasteiger partial charge on any atom is 0.256 e. The number of ether oxygens (including phenoxy) is 1. The fourth-order valence-electron chi connectivity index (χ4n) is 4.25. The summed E-state index contributed by atoms with van der Waals surface area (Å²) in [7, 11) is 0. The summed E-state index contributed by atoms with van der Waals surface area (Å²) in [5.41, 5.74) is 0.530. The van der Waals surface area contributed by atoms with E-state index in [1.165, 1.54) is 0 Å². The molecule has 2 amide bonds. The zero-order valence-corrected chi connectivity index (χ0v) is 18.0. The fourth-order valence-corrected chi connectivity index (χ4v) is 4.55. The van der Waals surface area contributed by atoms with Crippen molar-refractivity contribution in [3.05, 3.63) is 63.9 Å². The number of rotatable bonds is 4. The third-order valence-electron chi connectivity index (χ3n) is 5.77. The maximum atomic E-state index is 13.5. The highest BCUT2D eigenvalue weighted by Gasteiger charge is 2.52. The Morgan fingerprint density at radius 1 is 1.17 bits per heavy atom. The van der Waals surface area contributed by atoms with Gasteiger partial charge in [-0.25, -0.2) is 0 Å². The lowest BCUT2D eigenvalue weighted by molar-refractivity contribution is -0.127. The van der Waals surface area contributed by atoms with Crippen LogP contribution in [-0.4, -0.2) is 40.1 Å². The minimum absolute atomic E-state index is 0.173. The Balaban J connectivity index is 1.59. The number of hydrogen-bond acceptors (Lipinski definition) is 4. The molecule has 1 N–H and O–H groups in total. The average Bonchev–Trinajstić information content (AvgIpc) is 3.13. The van der Waals surface area contributed by atoms with Crippen molar-refractivity contribution in [1.82, 2.24) is 15.2 Å². The number of nitrogens with one attached hydrogen (secondary N) is 1. The van der Waals surface area contributed by atoms with Crippen molar-refractivity contribution in [2.24, 2.45) is 0 Å². The number of benzene rings is 1. The minimum atomic E-state index is -0.752. The molecule has 1 atom stereocenters. The highest BCUT2D eigenvalue weighted by molar-refractivity contribution is 6.42. The van der Waals surface area contributed by atoms with E-state index in [4.69, 9.17) is 27.9 Å². The van der Waals surface area contributed by atoms with Gasteiger partial charge in [-0.3, -0.25) is 19.5 Å². The number of aromatic nitrogens is 1. The van der Waals surface area contributed by atoms with Gasteiger partial charge in [0.1, 0.15) is 11.8 Å². The monoisotopic (exact) mass is 447 g/mol. The van der Waals surface area contributed by atoms with E-state index in [2.05, 4.69) is 10.3 Å². The number of hydrogen-bond donors (Lipinski definition) is 1. The van der Waals surface area contributed by atoms with Gasteiger partial charge in [0.2, 0.25) is 5.91 Å². The van der Waals surface area contributed by atoms with E-state index in [0.717, 1.165) is 24.8 Å². The second kappa shape index (κ2) is 8.92. The Labute approximate surface area is 185 Å². The molecule has 0 radical (unpaired) electrons. The van der Waals surface area contributed by atoms with Crippen LogP contribution >= 0.6 is 23.2 Å². The van der Waals surface area contributed by atoms with Gasteiger partial charge in [0.05, 0.1) is 16.7 Å². The summed E-state index contributed by atoms with van der Waals surface area (Å²) in [5, 5.41) is 3.60. The lowest BCUT2D eigenvalue weighted by Crippen LogP contribution is -2.56. The molecule has 2 heterocycles. The highest BCUT2D eigenvalue weighted by atomic mass is 35.5. The predicted molar refractivity (Wildman–Crippen MR) is 114 cm³/mol. The molecule has 8 heteroatoms. The Bertz CT molecular complexity index is 932. The van der Waals surface area contributed by atoms with Gasteiger partial charge < -0.3 is 10.1 Å². The van der Waals surface area contributed by atoms with Crippen molar-refractivity contribution in [2.45, 2.75) is 50.4 Å². The van der Waals surface area contributed by atoms with E-state index in [-0.39, 0.29) is 18.4 Å². The van der Waals surface area contributed by atoms with Crippen LogP contribution in [0.15, 0.2) is 42.7 Å². The molecule has 0 bridgehead atoms. The first kappa shape index (κ1) is 21.1. The zero-order chi connectivity index (χ0) is 21.1. The summed E-state index contributed by atoms with van der Waals surface area (Å²) in [6.07, 6.45) is 7.81. The first-order valence-corrected chi connectivity index (χ1v) is 10.8. The number of carbonyl (C=O) groups excluding carboxylic acids is 2. The highest BCUT2D eigenvalue weighted by Crippen LogP contribution is 2.41. The lowest BCUT2D eigenvalue weighted by atomic mass is 9.89. The van der Waals surface area contributed by atoms with Gasteiger partial charge in [0.15, 0.2) is 0 Å². The third kappa shape index (κ3) is 4.17. The molecule has 2 aliphatic rings. The van der Waals surface area contributed by atoms with Gasteiger partial charge in [0, 0.05) is 24.5 Å². The molecule has 1 aliphatic carbocycles. The first-order valence-electron chi connectivity index (χ1n) is 10.1. The number of carbonyl (C=O) groups is 2. The molecule has 1 saturated carbocycles. The number of amides is 2. The number of halogens is 2. The van der Waals surface area contributed by atoms with Crippen LogP contribution < -0.4 is 5.32 Å². The van der Waals surface area contributed by atoms with Crippen molar-refractivity contribution in [1.29, 1.82) is 0 Å². The topological polar surface area (TPSA) is 71.5 Å². The predicted octanol–water partition coefficient (Wildman–Crippen LogP) is 4.21. The van der Waals surface area contributed by atoms with Crippen LogP contribution in [-0.2, 0) is 16.1 Å². The van der Waals surface area contributed by atoms with E-state index >= 15 is 0 Å². The lowest BCUT2D eigenvalue weighted by Gasteiger charge is -2.41. The van der Waals surface area contributed by atoms with Crippen LogP contribution in [0.4, 0.5) is 0 Å². The van der Waals surface area contributed by atoms with Crippen molar-refractivity contribution in [3.8, 4) is 0 Å². The molecule has 1 saturated heterocycles. The molecule has 158 valence electrons. The normalized spacial score (nSPS) is 20.3. The van der Waals surface area contributed by atoms with Crippen LogP contribution in [0, 0.1) is 0 Å². The molecule has 1 spiro atoms. The van der Waals surface area contributed by atoms with Crippen molar-refractivity contribution < 1.29 is 14.3 Å². The molecule has 4 rings (SSSR count). The van der Waals surface area contributed by atoms with Crippen LogP contribution in [0.3, 0.4) is 0 Å². The van der Waals surface area contributed by atoms with E-state index < -0.39 is 11.8 Å². The average molecular weight is 448 g/mol. The van der Waals surface area contributed by atoms with Crippen molar-refractivity contribution in [3.63, 3.8) is 0 Å². The number of pyridine rings is 1. The van der Waals surface area contributed by atoms with Gasteiger partial charge in [0.25, 0.3) is 5.91 Å². The third-order valence-corrected chi connectivity index (χ3v) is 6.51. The quantitative estimate of drug-likeness (QED) is 0.761. The first-order chi connectivity index (χ1) is 14.5. The summed E-state index contributed by atoms with van der Waals surface area (Å²) in [6, 6.07) is 7.78. The molecule has 30 heavy (non-hydrogen) atoms. The summed E-state index contributed by atoms with van der Waals surface area (Å²) in [5.74, 6) is -0.510. The van der Waals surface area contributed by atoms with E-state index in [1.54, 1.807) is 35.5 Å². The SMILES string of the molecule is O=C(NCc1cccnc1)[C@H]1COC2(CCCCC2)N1C(=O)c1ccc(Cl)c(Cl)c1. The van der Waals surface area contributed by atoms with E-state index in [9.17, 15) is 9.59 Å². The zero-order valence-electron chi connectivity index (χ0n) is 16.4. The Kier molecular flexibility index (Phi) is 6.27. The van der Waals surface area contributed by atoms with E-state index in [1.807, 2.05) is 12.1 Å². The number of nitrogens with zero attached hydrogens (tertiary/aromatic N) is 2. The molecule has 1 aliphatic heterocycles. The molecule has 6 nitrogen and oxygen atoms in total. The minimum Gasteiger partial charge on any atom is -0.353 e. The maximum absolute atomic E-state index is 13.5. The molecular formula is C22H23Cl2N3O3. The smallest absolute Gasteiger partial charge is 0.256 e. The van der Waals surface area contributed by atoms with Crippen molar-refractivity contribution >= 4 is 35.0 Å². The molecule has 2 fully saturated rings. The van der Waals surface area contributed by atoms with Gasteiger partial charge >= 0.3 is 0 Å². The largest absolute Gasteiger partial charge is 0.353 e. The van der Waals surface area contributed by atoms with Crippen LogP contribution in [0.1, 0.15) is 48.0 Å². The molecular weight excluding hydrogens is 425 g/mol. The summed E-state index contributed by atoms with van der Waals surface area (Å²) < 4.78 is 6.15. The standard InChI is InChI=1S/C22H23Cl2N3O3/c23-17-7-6-16(11-18(17)24)21(29)27-19(14-30-22(27)8-2-1-3-9-22)20(28)26-13-15-5-4-10-25-12-15/h4-7,10-12,19H,1-3,8-9,13-14H2,(H,26,28)/t19-/m1/s1. The fraction of sp³-hybridized carbons (Fsp3) is 0.409. The summed E-state index contributed by atoms with van der Waals surface area (Å²) in [4.78, 5) is 32.3. The van der Waals surface area contributed by atoms with Gasteiger partial charge in [-0.1, -0.05) is 35.7 Å². The molecule has 1 aromatic carbocycles. The second-order valence-corrected chi connectivity index (χ2v) is 8.53. The molecule has 1 aromatic heterocycles. The Morgan fingerprint density at radius 3 is 2.67 bits per heavy atom. The van der Waals surface area contributed by atoms with Crippen LogP contribution in [0.25, 0.3) is 0 Å². The molecule has 2 aromatic rings. The Morgan fingerprint density at radius 2 is 1.97 bits per heavy atom. The second-order valence-electron chi connectivity index (χ2n) is 7.72. The molecule has 0 unspecified atom stereocenters. The van der Waals surface area contributed by atoms with Gasteiger partial charge in [-0.05, 0) is 55.5 Å². The van der Waals surface area contributed by atoms with Crippen molar-refractivity contribution in [2.75, 3.05) is 6.61 Å². The van der Waals surface area contributed by atoms with Gasteiger partial charge in [-0.2, -0.15) is 0 Å². The Hall–Kier alpha value is -2.15. The van der Waals surface area contributed by atoms with E-state index in [0.29, 0.717) is 35.0 Å². The summed E-state index contributed by atoms with van der Waals surface area (Å²) in [6.45, 7) is 0.511. The van der Waals surface area contributed by atoms with Gasteiger partial charge in [-0.15, -0.1) is 0 Å².